The van der Waals surface area contributed by atoms with Crippen LogP contribution in [0.15, 0.2) is 12.2 Å². The van der Waals surface area contributed by atoms with Crippen LogP contribution in [0.3, 0.4) is 0 Å². The first-order valence-corrected chi connectivity index (χ1v) is 5.83. The van der Waals surface area contributed by atoms with Crippen LogP contribution in [0.25, 0.3) is 0 Å². The summed E-state index contributed by atoms with van der Waals surface area (Å²) in [6.07, 6.45) is 4.09. The summed E-state index contributed by atoms with van der Waals surface area (Å²) in [7, 11) is 0. The molecule has 2 saturated carbocycles. The normalized spacial score (nSPS) is 44.8. The predicted octanol–water partition coefficient (Wildman–Crippen LogP) is -1.01. The molecule has 3 rings (SSSR count). The fourth-order valence-corrected chi connectivity index (χ4v) is 4.08. The molecule has 3 aliphatic carbocycles. The van der Waals surface area contributed by atoms with Crippen LogP contribution in [0.5, 0.6) is 0 Å². The van der Waals surface area contributed by atoms with Crippen LogP contribution in [0.2, 0.25) is 0 Å². The Kier molecular flexibility index (Phi) is 2.06. The van der Waals surface area contributed by atoms with Crippen LogP contribution in [0.1, 0.15) is 0 Å². The Morgan fingerprint density at radius 1 is 0.688 bits per heavy atom. The van der Waals surface area contributed by atoms with Gasteiger partial charge < -0.3 is 20.4 Å². The summed E-state index contributed by atoms with van der Waals surface area (Å²) in [6, 6.07) is 0. The van der Waals surface area contributed by atoms with Crippen LogP contribution in [0, 0.1) is 34.5 Å². The Morgan fingerprint density at radius 2 is 1.00 bits per heavy atom. The van der Waals surface area contributed by atoms with Gasteiger partial charge in [0.05, 0.1) is 26.4 Å². The molecule has 0 unspecified atom stereocenters. The third-order valence-electron chi connectivity index (χ3n) is 5.30. The summed E-state index contributed by atoms with van der Waals surface area (Å²) in [5.74, 6) is 0.918. The van der Waals surface area contributed by atoms with Crippen molar-refractivity contribution >= 4 is 0 Å². The first kappa shape index (κ1) is 10.7. The summed E-state index contributed by atoms with van der Waals surface area (Å²) in [5.41, 5.74) is -0.802. The Balaban J connectivity index is 1.89. The van der Waals surface area contributed by atoms with E-state index < -0.39 is 10.8 Å². The highest BCUT2D eigenvalue weighted by Gasteiger charge is 2.79. The van der Waals surface area contributed by atoms with Crippen LogP contribution in [0.4, 0.5) is 0 Å². The van der Waals surface area contributed by atoms with Crippen LogP contribution in [-0.2, 0) is 0 Å². The highest BCUT2D eigenvalue weighted by molar-refractivity contribution is 5.35. The smallest absolute Gasteiger partial charge is 0.0518 e. The number of aliphatic hydroxyl groups is 4. The van der Waals surface area contributed by atoms with E-state index in [-0.39, 0.29) is 50.1 Å². The minimum atomic E-state index is -0.401. The SMILES string of the molecule is OCC1(CO)[C@H]2[C@H]3[C@@H](C=C[C@H]21)C3(CO)CO. The third-order valence-corrected chi connectivity index (χ3v) is 5.30. The van der Waals surface area contributed by atoms with Crippen molar-refractivity contribution in [2.24, 2.45) is 34.5 Å². The van der Waals surface area contributed by atoms with Crippen molar-refractivity contribution in [1.29, 1.82) is 0 Å². The lowest BCUT2D eigenvalue weighted by atomic mass is 9.97. The van der Waals surface area contributed by atoms with E-state index in [1.165, 1.54) is 0 Å². The molecule has 0 heterocycles. The molecule has 4 N–H and O–H groups in total. The van der Waals surface area contributed by atoms with E-state index >= 15 is 0 Å². The number of aliphatic hydroxyl groups excluding tert-OH is 4. The lowest BCUT2D eigenvalue weighted by Crippen LogP contribution is -2.21. The maximum absolute atomic E-state index is 9.42. The molecule has 4 nitrogen and oxygen atoms in total. The lowest BCUT2D eigenvalue weighted by Gasteiger charge is -2.13. The summed E-state index contributed by atoms with van der Waals surface area (Å²) in [5, 5.41) is 37.7. The Hall–Kier alpha value is -0.420. The van der Waals surface area contributed by atoms with Crippen molar-refractivity contribution < 1.29 is 20.4 Å². The molecule has 4 atom stereocenters. The van der Waals surface area contributed by atoms with Gasteiger partial charge in [-0.25, -0.2) is 0 Å². The minimum absolute atomic E-state index is 0.0146. The predicted molar refractivity (Wildman–Crippen MR) is 56.3 cm³/mol. The largest absolute Gasteiger partial charge is 0.396 e. The zero-order valence-corrected chi connectivity index (χ0v) is 9.08. The fraction of sp³-hybridized carbons (Fsp3) is 0.833. The van der Waals surface area contributed by atoms with E-state index in [1.807, 2.05) is 12.2 Å². The minimum Gasteiger partial charge on any atom is -0.396 e. The standard InChI is InChI=1S/C12H18O4/c13-3-11(4-14)7-1-2-8-10(9(7)11)12(8,5-15)6-16/h1-2,7-10,13-16H,3-6H2/t7-,8-,9-,10-/m1/s1. The summed E-state index contributed by atoms with van der Waals surface area (Å²) >= 11 is 0. The van der Waals surface area contributed by atoms with Gasteiger partial charge in [0, 0.05) is 10.8 Å². The molecule has 90 valence electrons. The van der Waals surface area contributed by atoms with Crippen molar-refractivity contribution in [3.63, 3.8) is 0 Å². The molecule has 0 saturated heterocycles. The quantitative estimate of drug-likeness (QED) is 0.463. The first-order chi connectivity index (χ1) is 7.71. The van der Waals surface area contributed by atoms with Crippen molar-refractivity contribution in [1.82, 2.24) is 0 Å². The molecule has 0 spiro atoms. The number of rotatable bonds is 4. The van der Waals surface area contributed by atoms with Gasteiger partial charge in [0.15, 0.2) is 0 Å². The molecule has 2 fully saturated rings. The van der Waals surface area contributed by atoms with E-state index in [2.05, 4.69) is 0 Å². The Morgan fingerprint density at radius 3 is 1.25 bits per heavy atom. The molecule has 0 bridgehead atoms. The van der Waals surface area contributed by atoms with Crippen molar-refractivity contribution in [2.45, 2.75) is 0 Å². The zero-order chi connectivity index (χ0) is 11.6. The molecule has 0 aromatic heterocycles. The molecule has 0 aliphatic heterocycles. The summed E-state index contributed by atoms with van der Waals surface area (Å²) < 4.78 is 0. The highest BCUT2D eigenvalue weighted by Crippen LogP contribution is 2.78. The van der Waals surface area contributed by atoms with Crippen molar-refractivity contribution in [2.75, 3.05) is 26.4 Å². The van der Waals surface area contributed by atoms with Gasteiger partial charge >= 0.3 is 0 Å². The fourth-order valence-electron chi connectivity index (χ4n) is 4.08. The van der Waals surface area contributed by atoms with E-state index in [0.29, 0.717) is 0 Å². The lowest BCUT2D eigenvalue weighted by molar-refractivity contribution is 0.0922. The van der Waals surface area contributed by atoms with E-state index in [9.17, 15) is 20.4 Å². The van der Waals surface area contributed by atoms with E-state index in [4.69, 9.17) is 0 Å². The number of hydrogen-bond donors (Lipinski definition) is 4. The molecular formula is C12H18O4. The second kappa shape index (κ2) is 3.07. The van der Waals surface area contributed by atoms with E-state index in [0.717, 1.165) is 0 Å². The molecular weight excluding hydrogens is 208 g/mol. The zero-order valence-electron chi connectivity index (χ0n) is 9.08. The van der Waals surface area contributed by atoms with Gasteiger partial charge in [-0.3, -0.25) is 0 Å². The van der Waals surface area contributed by atoms with Crippen LogP contribution >= 0.6 is 0 Å². The number of fused-ring (bicyclic) bond motifs is 3. The molecule has 0 radical (unpaired) electrons. The maximum atomic E-state index is 9.42. The van der Waals surface area contributed by atoms with Crippen LogP contribution < -0.4 is 0 Å². The van der Waals surface area contributed by atoms with Gasteiger partial charge in [0.2, 0.25) is 0 Å². The number of hydrogen-bond acceptors (Lipinski definition) is 4. The monoisotopic (exact) mass is 226 g/mol. The van der Waals surface area contributed by atoms with Gasteiger partial charge in [0.1, 0.15) is 0 Å². The molecule has 3 aliphatic rings. The van der Waals surface area contributed by atoms with Gasteiger partial charge in [-0.2, -0.15) is 0 Å². The second-order valence-electron chi connectivity index (χ2n) is 5.59. The highest BCUT2D eigenvalue weighted by atomic mass is 16.3. The molecule has 0 aromatic carbocycles. The summed E-state index contributed by atoms with van der Waals surface area (Å²) in [6.45, 7) is -0.0582. The third kappa shape index (κ3) is 0.911. The van der Waals surface area contributed by atoms with Gasteiger partial charge in [-0.1, -0.05) is 12.2 Å². The molecule has 4 heteroatoms. The topological polar surface area (TPSA) is 80.9 Å². The van der Waals surface area contributed by atoms with Crippen molar-refractivity contribution in [3.05, 3.63) is 12.2 Å². The summed E-state index contributed by atoms with van der Waals surface area (Å²) in [4.78, 5) is 0. The average molecular weight is 226 g/mol. The molecule has 0 aromatic rings. The molecule has 0 amide bonds. The second-order valence-corrected chi connectivity index (χ2v) is 5.59. The van der Waals surface area contributed by atoms with Gasteiger partial charge in [0.25, 0.3) is 0 Å². The van der Waals surface area contributed by atoms with Gasteiger partial charge in [-0.05, 0) is 23.7 Å². The Bertz CT molecular complexity index is 298. The Labute approximate surface area is 94.2 Å². The van der Waals surface area contributed by atoms with Crippen LogP contribution in [-0.4, -0.2) is 46.9 Å². The van der Waals surface area contributed by atoms with Gasteiger partial charge in [-0.15, -0.1) is 0 Å². The first-order valence-electron chi connectivity index (χ1n) is 5.83. The molecule has 16 heavy (non-hydrogen) atoms. The number of allylic oxidation sites excluding steroid dienone is 2. The maximum Gasteiger partial charge on any atom is 0.0518 e. The van der Waals surface area contributed by atoms with E-state index in [1.54, 1.807) is 0 Å². The van der Waals surface area contributed by atoms with Crippen molar-refractivity contribution in [3.8, 4) is 0 Å². The average Bonchev–Trinajstić information content (AvgIpc) is 3.19.